The van der Waals surface area contributed by atoms with Gasteiger partial charge in [0.1, 0.15) is 18.9 Å². The maximum Gasteiger partial charge on any atom is 0.339 e. The first kappa shape index (κ1) is 31.4. The molecule has 0 bridgehead atoms. The van der Waals surface area contributed by atoms with E-state index in [1.165, 1.54) is 4.90 Å². The first-order chi connectivity index (χ1) is 17.7. The molecule has 14 nitrogen and oxygen atoms in total. The predicted molar refractivity (Wildman–Crippen MR) is 142 cm³/mol. The van der Waals surface area contributed by atoms with Crippen molar-refractivity contribution in [3.8, 4) is 0 Å². The summed E-state index contributed by atoms with van der Waals surface area (Å²) < 4.78 is 35.2. The number of aromatic nitrogens is 1. The molecule has 1 fully saturated rings. The molecule has 0 spiro atoms. The van der Waals surface area contributed by atoms with E-state index in [9.17, 15) is 43.1 Å². The molecule has 214 valence electrons. The molecule has 3 rings (SSSR count). The Balaban J connectivity index is 1.82. The summed E-state index contributed by atoms with van der Waals surface area (Å²) in [5.41, 5.74) is 1.61. The van der Waals surface area contributed by atoms with E-state index in [0.29, 0.717) is 19.6 Å². The molecule has 2 heterocycles. The Morgan fingerprint density at radius 3 is 1.39 bits per heavy atom. The molecule has 0 amide bonds. The number of fused-ring (bicyclic) bond motifs is 1. The van der Waals surface area contributed by atoms with Crippen LogP contribution in [0.2, 0.25) is 0 Å². The quantitative estimate of drug-likeness (QED) is 0.229. The lowest BCUT2D eigenvalue weighted by atomic mass is 10.2. The zero-order chi connectivity index (χ0) is 28.0. The van der Waals surface area contributed by atoms with Gasteiger partial charge in [0, 0.05) is 64.3 Å². The van der Waals surface area contributed by atoms with Crippen LogP contribution in [-0.2, 0) is 20.2 Å². The zero-order valence-corrected chi connectivity index (χ0v) is 23.6. The van der Waals surface area contributed by atoms with E-state index in [2.05, 4.69) is 0 Å². The summed E-state index contributed by atoms with van der Waals surface area (Å²) in [4.78, 5) is 68.6. The van der Waals surface area contributed by atoms with E-state index in [4.69, 9.17) is 4.98 Å². The van der Waals surface area contributed by atoms with E-state index >= 15 is 0 Å². The van der Waals surface area contributed by atoms with Crippen LogP contribution in [0.4, 0.5) is 0 Å². The predicted octanol–water partition coefficient (Wildman–Crippen LogP) is 0.362. The van der Waals surface area contributed by atoms with Gasteiger partial charge < -0.3 is 29.4 Å². The van der Waals surface area contributed by atoms with Gasteiger partial charge in [-0.2, -0.15) is 0 Å². The topological polar surface area (TPSA) is 198 Å². The van der Waals surface area contributed by atoms with Crippen molar-refractivity contribution in [1.29, 1.82) is 0 Å². The third-order valence-corrected chi connectivity index (χ3v) is 8.43. The average Bonchev–Trinajstić information content (AvgIpc) is 2.78. The van der Waals surface area contributed by atoms with Crippen LogP contribution in [-0.4, -0.2) is 125 Å². The van der Waals surface area contributed by atoms with Crippen LogP contribution < -0.4 is 0 Å². The Morgan fingerprint density at radius 1 is 0.579 bits per heavy atom. The molecular formula is C21H36N5O9P3. The highest BCUT2D eigenvalue weighted by atomic mass is 31.2. The standard InChI is InChI=1S/C21H36N5O9P3/c27-36(28,29)16-24-9-7-23(15-20-6-5-19-3-1-2-4-21(19)22-20)8-10-25(17-37(30,31)32)12-14-26(13-11-24)18-38(33,34)35/h1-6H,7-18H2,(H2,27,28,29)(H2,30,31,32)(H2,33,34,35). The monoisotopic (exact) mass is 595 g/mol. The summed E-state index contributed by atoms with van der Waals surface area (Å²) >= 11 is 0. The minimum Gasteiger partial charge on any atom is -0.324 e. The van der Waals surface area contributed by atoms with Crippen molar-refractivity contribution in [3.05, 3.63) is 42.1 Å². The van der Waals surface area contributed by atoms with Gasteiger partial charge in [-0.15, -0.1) is 0 Å². The van der Waals surface area contributed by atoms with Crippen LogP contribution in [0, 0.1) is 0 Å². The summed E-state index contributed by atoms with van der Waals surface area (Å²) in [6.07, 6.45) is -1.56. The third-order valence-electron chi connectivity index (χ3n) is 6.12. The van der Waals surface area contributed by atoms with Crippen molar-refractivity contribution >= 4 is 33.7 Å². The number of rotatable bonds is 8. The van der Waals surface area contributed by atoms with E-state index in [1.807, 2.05) is 41.3 Å². The van der Waals surface area contributed by atoms with Gasteiger partial charge in [-0.05, 0) is 12.1 Å². The molecule has 0 atom stereocenters. The van der Waals surface area contributed by atoms with Crippen LogP contribution in [0.15, 0.2) is 36.4 Å². The lowest BCUT2D eigenvalue weighted by Crippen LogP contribution is -2.46. The van der Waals surface area contributed by atoms with Crippen molar-refractivity contribution in [2.75, 3.05) is 71.2 Å². The van der Waals surface area contributed by atoms with Crippen LogP contribution in [0.1, 0.15) is 5.69 Å². The largest absolute Gasteiger partial charge is 0.339 e. The van der Waals surface area contributed by atoms with E-state index < -0.39 is 41.6 Å². The molecule has 6 N–H and O–H groups in total. The molecular weight excluding hydrogens is 559 g/mol. The van der Waals surface area contributed by atoms with Gasteiger partial charge in [0.2, 0.25) is 0 Å². The second-order valence-electron chi connectivity index (χ2n) is 9.54. The Morgan fingerprint density at radius 2 is 0.974 bits per heavy atom. The van der Waals surface area contributed by atoms with Gasteiger partial charge in [-0.1, -0.05) is 24.3 Å². The summed E-state index contributed by atoms with van der Waals surface area (Å²) in [7, 11) is -13.2. The number of para-hydroxylation sites is 1. The Kier molecular flexibility index (Phi) is 11.2. The highest BCUT2D eigenvalue weighted by Crippen LogP contribution is 2.37. The van der Waals surface area contributed by atoms with E-state index in [-0.39, 0.29) is 39.3 Å². The molecule has 1 saturated heterocycles. The second kappa shape index (κ2) is 13.5. The van der Waals surface area contributed by atoms with E-state index in [0.717, 1.165) is 16.6 Å². The average molecular weight is 595 g/mol. The lowest BCUT2D eigenvalue weighted by molar-refractivity contribution is 0.142. The molecule has 0 unspecified atom stereocenters. The van der Waals surface area contributed by atoms with Crippen LogP contribution in [0.3, 0.4) is 0 Å². The van der Waals surface area contributed by atoms with Crippen LogP contribution in [0.25, 0.3) is 10.9 Å². The molecule has 2 aromatic rings. The van der Waals surface area contributed by atoms with Gasteiger partial charge in [0.25, 0.3) is 0 Å². The smallest absolute Gasteiger partial charge is 0.324 e. The molecule has 38 heavy (non-hydrogen) atoms. The van der Waals surface area contributed by atoms with Crippen molar-refractivity contribution in [3.63, 3.8) is 0 Å². The number of nitrogens with zero attached hydrogens (tertiary/aromatic N) is 5. The lowest BCUT2D eigenvalue weighted by Gasteiger charge is -2.34. The molecule has 0 saturated carbocycles. The Hall–Kier alpha value is -1.08. The van der Waals surface area contributed by atoms with E-state index in [1.54, 1.807) is 9.80 Å². The highest BCUT2D eigenvalue weighted by Gasteiger charge is 2.26. The SMILES string of the molecule is O=P(O)(O)CN1CCN(Cc2ccc3ccccc3n2)CCN(CP(=O)(O)O)CCN(CP(=O)(O)O)CC1. The summed E-state index contributed by atoms with van der Waals surface area (Å²) in [5.74, 6) is 0. The fraction of sp³-hybridized carbons (Fsp3) is 0.571. The minimum atomic E-state index is -4.43. The fourth-order valence-electron chi connectivity index (χ4n) is 4.37. The zero-order valence-electron chi connectivity index (χ0n) is 20.9. The molecule has 0 aliphatic carbocycles. The first-order valence-electron chi connectivity index (χ1n) is 12.0. The number of hydrogen-bond acceptors (Lipinski definition) is 8. The minimum absolute atomic E-state index is 0.112. The van der Waals surface area contributed by atoms with Crippen LogP contribution in [0.5, 0.6) is 0 Å². The molecule has 1 aliphatic heterocycles. The normalized spacial score (nSPS) is 19.3. The van der Waals surface area contributed by atoms with Crippen molar-refractivity contribution in [2.24, 2.45) is 0 Å². The summed E-state index contributed by atoms with van der Waals surface area (Å²) in [6.45, 7) is 2.23. The molecule has 0 radical (unpaired) electrons. The number of benzene rings is 1. The second-order valence-corrected chi connectivity index (χ2v) is 14.4. The Labute approximate surface area is 221 Å². The summed E-state index contributed by atoms with van der Waals surface area (Å²) in [6, 6.07) is 11.5. The first-order valence-corrected chi connectivity index (χ1v) is 17.4. The summed E-state index contributed by atoms with van der Waals surface area (Å²) in [5, 5.41) is 0.991. The van der Waals surface area contributed by atoms with Gasteiger partial charge in [-0.25, -0.2) is 0 Å². The number of pyridine rings is 1. The van der Waals surface area contributed by atoms with Gasteiger partial charge in [0.15, 0.2) is 0 Å². The van der Waals surface area contributed by atoms with Crippen molar-refractivity contribution in [1.82, 2.24) is 24.6 Å². The maximum atomic E-state index is 11.8. The van der Waals surface area contributed by atoms with Gasteiger partial charge in [0.05, 0.1) is 11.2 Å². The van der Waals surface area contributed by atoms with Gasteiger partial charge in [-0.3, -0.25) is 38.3 Å². The molecule has 1 aliphatic rings. The van der Waals surface area contributed by atoms with Crippen molar-refractivity contribution in [2.45, 2.75) is 6.54 Å². The Bertz CT molecular complexity index is 1160. The number of hydrogen-bond donors (Lipinski definition) is 6. The maximum absolute atomic E-state index is 11.8. The molecule has 1 aromatic heterocycles. The van der Waals surface area contributed by atoms with Gasteiger partial charge >= 0.3 is 22.8 Å². The van der Waals surface area contributed by atoms with Crippen LogP contribution >= 0.6 is 22.8 Å². The molecule has 1 aromatic carbocycles. The molecule has 17 heteroatoms. The third kappa shape index (κ3) is 12.0. The van der Waals surface area contributed by atoms with Crippen molar-refractivity contribution < 1.29 is 43.1 Å². The highest BCUT2D eigenvalue weighted by molar-refractivity contribution is 7.52. The fourth-order valence-corrected chi connectivity index (χ4v) is 6.78.